The molecule has 2 aromatic rings. The number of aryl methyl sites for hydroxylation is 3. The zero-order valence-corrected chi connectivity index (χ0v) is 8.90. The predicted octanol–water partition coefficient (Wildman–Crippen LogP) is 1.89. The van der Waals surface area contributed by atoms with Crippen molar-refractivity contribution in [3.63, 3.8) is 0 Å². The van der Waals surface area contributed by atoms with Crippen LogP contribution in [-0.4, -0.2) is 20.9 Å². The minimum absolute atomic E-state index is 0.346. The number of carboxylic acids is 1. The Labute approximate surface area is 87.1 Å². The molecule has 4 heteroatoms. The molecule has 0 amide bonds. The number of benzene rings is 1. The number of aromatic nitrogens is 2. The highest BCUT2D eigenvalue weighted by Gasteiger charge is 2.12. The van der Waals surface area contributed by atoms with Gasteiger partial charge in [0.1, 0.15) is 0 Å². The van der Waals surface area contributed by atoms with Crippen LogP contribution >= 0.6 is 0 Å². The molecule has 78 valence electrons. The molecule has 1 heterocycles. The van der Waals surface area contributed by atoms with Gasteiger partial charge in [-0.1, -0.05) is 0 Å². The molecule has 0 aliphatic heterocycles. The second-order valence-corrected chi connectivity index (χ2v) is 3.70. The molecule has 1 aromatic carbocycles. The molecule has 1 N–H and O–H groups in total. The summed E-state index contributed by atoms with van der Waals surface area (Å²) >= 11 is 0. The molecule has 0 radical (unpaired) electrons. The number of fused-ring (bicyclic) bond motifs is 1. The summed E-state index contributed by atoms with van der Waals surface area (Å²) in [6.07, 6.45) is 0. The lowest BCUT2D eigenvalue weighted by Crippen LogP contribution is -1.99. The molecule has 0 aliphatic carbocycles. The Hall–Kier alpha value is -1.84. The van der Waals surface area contributed by atoms with Crippen LogP contribution < -0.4 is 0 Å². The van der Waals surface area contributed by atoms with E-state index in [2.05, 4.69) is 5.10 Å². The summed E-state index contributed by atoms with van der Waals surface area (Å²) in [5.74, 6) is -0.891. The van der Waals surface area contributed by atoms with Crippen molar-refractivity contribution in [1.29, 1.82) is 0 Å². The monoisotopic (exact) mass is 204 g/mol. The summed E-state index contributed by atoms with van der Waals surface area (Å²) in [6.45, 7) is 3.68. The Bertz CT molecular complexity index is 555. The van der Waals surface area contributed by atoms with E-state index < -0.39 is 5.97 Å². The molecule has 0 saturated carbocycles. The Balaban J connectivity index is 2.85. The maximum absolute atomic E-state index is 11.0. The van der Waals surface area contributed by atoms with E-state index in [1.165, 1.54) is 0 Å². The van der Waals surface area contributed by atoms with Crippen molar-refractivity contribution in [2.24, 2.45) is 7.05 Å². The normalized spacial score (nSPS) is 10.9. The Morgan fingerprint density at radius 3 is 2.67 bits per heavy atom. The van der Waals surface area contributed by atoms with Gasteiger partial charge in [-0.3, -0.25) is 4.68 Å². The van der Waals surface area contributed by atoms with Crippen molar-refractivity contribution in [1.82, 2.24) is 9.78 Å². The zero-order chi connectivity index (χ0) is 11.2. The van der Waals surface area contributed by atoms with Crippen LogP contribution in [0.15, 0.2) is 12.1 Å². The largest absolute Gasteiger partial charge is 0.478 e. The van der Waals surface area contributed by atoms with E-state index in [0.29, 0.717) is 5.56 Å². The van der Waals surface area contributed by atoms with Gasteiger partial charge in [0, 0.05) is 12.4 Å². The van der Waals surface area contributed by atoms with E-state index in [4.69, 9.17) is 5.11 Å². The molecule has 0 atom stereocenters. The fourth-order valence-electron chi connectivity index (χ4n) is 1.81. The maximum atomic E-state index is 11.0. The number of hydrogen-bond donors (Lipinski definition) is 1. The SMILES string of the molecule is Cc1cc2c(cc1C(=O)O)c(C)nn2C. The maximum Gasteiger partial charge on any atom is 0.335 e. The standard InChI is InChI=1S/C11H12N2O2/c1-6-4-10-9(5-8(6)11(14)15)7(2)12-13(10)3/h4-5H,1-3H3,(H,14,15). The number of nitrogens with zero attached hydrogens (tertiary/aromatic N) is 2. The lowest BCUT2D eigenvalue weighted by molar-refractivity contribution is 0.0696. The second-order valence-electron chi connectivity index (χ2n) is 3.70. The van der Waals surface area contributed by atoms with Gasteiger partial charge in [0.2, 0.25) is 0 Å². The third-order valence-electron chi connectivity index (χ3n) is 2.61. The van der Waals surface area contributed by atoms with Gasteiger partial charge < -0.3 is 5.11 Å². The van der Waals surface area contributed by atoms with E-state index in [9.17, 15) is 4.79 Å². The fraction of sp³-hybridized carbons (Fsp3) is 0.273. The van der Waals surface area contributed by atoms with Gasteiger partial charge in [-0.15, -0.1) is 0 Å². The molecule has 0 bridgehead atoms. The quantitative estimate of drug-likeness (QED) is 0.771. The Morgan fingerprint density at radius 1 is 1.40 bits per heavy atom. The van der Waals surface area contributed by atoms with E-state index in [1.54, 1.807) is 17.7 Å². The van der Waals surface area contributed by atoms with Crippen LogP contribution in [0.5, 0.6) is 0 Å². The van der Waals surface area contributed by atoms with Crippen molar-refractivity contribution in [2.75, 3.05) is 0 Å². The van der Waals surface area contributed by atoms with E-state index in [-0.39, 0.29) is 0 Å². The second kappa shape index (κ2) is 3.08. The van der Waals surface area contributed by atoms with Crippen LogP contribution in [0.2, 0.25) is 0 Å². The highest BCUT2D eigenvalue weighted by atomic mass is 16.4. The fourth-order valence-corrected chi connectivity index (χ4v) is 1.81. The third kappa shape index (κ3) is 1.38. The number of hydrogen-bond acceptors (Lipinski definition) is 2. The van der Waals surface area contributed by atoms with Gasteiger partial charge in [0.25, 0.3) is 0 Å². The van der Waals surface area contributed by atoms with Gasteiger partial charge in [-0.2, -0.15) is 5.10 Å². The van der Waals surface area contributed by atoms with Gasteiger partial charge in [0.15, 0.2) is 0 Å². The zero-order valence-electron chi connectivity index (χ0n) is 8.90. The Morgan fingerprint density at radius 2 is 2.07 bits per heavy atom. The average molecular weight is 204 g/mol. The van der Waals surface area contributed by atoms with Crippen LogP contribution in [0.3, 0.4) is 0 Å². The van der Waals surface area contributed by atoms with Crippen LogP contribution in [0, 0.1) is 13.8 Å². The molecule has 0 fully saturated rings. The lowest BCUT2D eigenvalue weighted by Gasteiger charge is -2.01. The third-order valence-corrected chi connectivity index (χ3v) is 2.61. The smallest absolute Gasteiger partial charge is 0.335 e. The highest BCUT2D eigenvalue weighted by molar-refractivity contribution is 5.96. The molecule has 4 nitrogen and oxygen atoms in total. The summed E-state index contributed by atoms with van der Waals surface area (Å²) < 4.78 is 1.77. The first-order valence-electron chi connectivity index (χ1n) is 4.68. The number of rotatable bonds is 1. The first kappa shape index (κ1) is 9.71. The number of carbonyl (C=O) groups is 1. The van der Waals surface area contributed by atoms with Crippen molar-refractivity contribution >= 4 is 16.9 Å². The average Bonchev–Trinajstić information content (AvgIpc) is 2.41. The summed E-state index contributed by atoms with van der Waals surface area (Å²) in [6, 6.07) is 3.55. The van der Waals surface area contributed by atoms with E-state index >= 15 is 0 Å². The molecule has 1 aromatic heterocycles. The molecule has 0 spiro atoms. The molecule has 0 unspecified atom stereocenters. The molecule has 0 aliphatic rings. The van der Waals surface area contributed by atoms with Crippen molar-refractivity contribution in [2.45, 2.75) is 13.8 Å². The summed E-state index contributed by atoms with van der Waals surface area (Å²) in [4.78, 5) is 11.0. The minimum atomic E-state index is -0.891. The highest BCUT2D eigenvalue weighted by Crippen LogP contribution is 2.22. The first-order valence-corrected chi connectivity index (χ1v) is 4.68. The van der Waals surface area contributed by atoms with Crippen LogP contribution in [0.1, 0.15) is 21.6 Å². The summed E-state index contributed by atoms with van der Waals surface area (Å²) in [5, 5.41) is 14.2. The summed E-state index contributed by atoms with van der Waals surface area (Å²) in [5.41, 5.74) is 2.93. The first-order chi connectivity index (χ1) is 7.00. The van der Waals surface area contributed by atoms with E-state index in [0.717, 1.165) is 22.2 Å². The van der Waals surface area contributed by atoms with Gasteiger partial charge in [-0.25, -0.2) is 4.79 Å². The molecule has 2 rings (SSSR count). The van der Waals surface area contributed by atoms with Crippen LogP contribution in [0.4, 0.5) is 0 Å². The van der Waals surface area contributed by atoms with E-state index in [1.807, 2.05) is 20.0 Å². The van der Waals surface area contributed by atoms with Crippen molar-refractivity contribution in [3.05, 3.63) is 29.0 Å². The van der Waals surface area contributed by atoms with Gasteiger partial charge in [-0.05, 0) is 31.5 Å². The molecular formula is C11H12N2O2. The molecule has 0 saturated heterocycles. The van der Waals surface area contributed by atoms with Crippen molar-refractivity contribution < 1.29 is 9.90 Å². The summed E-state index contributed by atoms with van der Waals surface area (Å²) in [7, 11) is 1.86. The molecular weight excluding hydrogens is 192 g/mol. The number of aromatic carboxylic acids is 1. The van der Waals surface area contributed by atoms with Gasteiger partial charge in [0.05, 0.1) is 16.8 Å². The lowest BCUT2D eigenvalue weighted by atomic mass is 10.1. The number of carboxylic acid groups (broad SMARTS) is 1. The van der Waals surface area contributed by atoms with Crippen LogP contribution in [0.25, 0.3) is 10.9 Å². The van der Waals surface area contributed by atoms with Crippen LogP contribution in [-0.2, 0) is 7.05 Å². The topological polar surface area (TPSA) is 55.1 Å². The minimum Gasteiger partial charge on any atom is -0.478 e. The van der Waals surface area contributed by atoms with Crippen molar-refractivity contribution in [3.8, 4) is 0 Å². The Kier molecular flexibility index (Phi) is 2.00. The molecule has 15 heavy (non-hydrogen) atoms. The van der Waals surface area contributed by atoms with Gasteiger partial charge >= 0.3 is 5.97 Å². The predicted molar refractivity (Wildman–Crippen MR) is 57.1 cm³/mol.